The number of rotatable bonds is 5. The van der Waals surface area contributed by atoms with Crippen molar-refractivity contribution >= 4 is 38.9 Å². The molecular weight excluding hydrogens is 354 g/mol. The number of Topliss-reactive ketones (excluding diaryl/α,β-unsaturated/α-hetero) is 1. The van der Waals surface area contributed by atoms with Gasteiger partial charge < -0.3 is 4.57 Å². The molecule has 0 bridgehead atoms. The molecule has 25 heavy (non-hydrogen) atoms. The van der Waals surface area contributed by atoms with Gasteiger partial charge in [0.2, 0.25) is 0 Å². The van der Waals surface area contributed by atoms with E-state index in [0.29, 0.717) is 10.6 Å². The van der Waals surface area contributed by atoms with E-state index < -0.39 is 0 Å². The van der Waals surface area contributed by atoms with E-state index in [-0.39, 0.29) is 18.5 Å². The van der Waals surface area contributed by atoms with Gasteiger partial charge in [-0.2, -0.15) is 0 Å². The lowest BCUT2D eigenvalue weighted by Gasteiger charge is -2.14. The van der Waals surface area contributed by atoms with Gasteiger partial charge >= 0.3 is 0 Å². The van der Waals surface area contributed by atoms with Crippen molar-refractivity contribution < 1.29 is 4.79 Å². The number of halogens is 1. The van der Waals surface area contributed by atoms with E-state index >= 15 is 0 Å². The van der Waals surface area contributed by atoms with Crippen LogP contribution < -0.4 is 4.80 Å². The number of thiazole rings is 1. The summed E-state index contributed by atoms with van der Waals surface area (Å²) in [6.45, 7) is 2.29. The minimum atomic E-state index is 0.0324. The molecule has 2 aromatic carbocycles. The molecule has 1 unspecified atom stereocenters. The molecule has 1 aromatic heterocycles. The summed E-state index contributed by atoms with van der Waals surface area (Å²) < 4.78 is 3.12. The summed E-state index contributed by atoms with van der Waals surface area (Å²) in [5.41, 5.74) is 1.68. The fourth-order valence-electron chi connectivity index (χ4n) is 2.42. The van der Waals surface area contributed by atoms with Crippen molar-refractivity contribution in [3.63, 3.8) is 0 Å². The lowest BCUT2D eigenvalue weighted by molar-refractivity contribution is 0.0972. The summed E-state index contributed by atoms with van der Waals surface area (Å²) in [5, 5.41) is 0.626. The predicted octanol–water partition coefficient (Wildman–Crippen LogP) is 4.05. The van der Waals surface area contributed by atoms with Gasteiger partial charge in [-0.3, -0.25) is 9.69 Å². The Labute approximate surface area is 156 Å². The minimum absolute atomic E-state index is 0.0324. The largest absolute Gasteiger partial charge is 0.309 e. The summed E-state index contributed by atoms with van der Waals surface area (Å²) in [5.74, 6) is 0.0409. The molecular formula is C19H20ClN3OS. The highest BCUT2D eigenvalue weighted by Gasteiger charge is 2.13. The molecule has 0 saturated carbocycles. The van der Waals surface area contributed by atoms with Crippen LogP contribution in [-0.4, -0.2) is 35.5 Å². The third kappa shape index (κ3) is 4.00. The second kappa shape index (κ2) is 7.52. The van der Waals surface area contributed by atoms with Crippen LogP contribution in [0.15, 0.2) is 53.5 Å². The Bertz CT molecular complexity index is 957. The Morgan fingerprint density at radius 2 is 1.88 bits per heavy atom. The number of nitrogens with zero attached hydrogens (tertiary/aromatic N) is 3. The van der Waals surface area contributed by atoms with E-state index in [4.69, 9.17) is 16.6 Å². The van der Waals surface area contributed by atoms with Crippen LogP contribution in [0.3, 0.4) is 0 Å². The number of carbonyl (C=O) groups excluding carboxylic acids is 1. The standard InChI is InChI=1S/C19H20ClN3OS/c1-13(22(2)3)21-19-23(16-6-4-5-7-18(16)25-19)12-17(24)14-8-10-15(20)11-9-14/h4-11,13H,12H2,1-3H3. The topological polar surface area (TPSA) is 37.6 Å². The zero-order chi connectivity index (χ0) is 18.0. The minimum Gasteiger partial charge on any atom is -0.309 e. The Morgan fingerprint density at radius 1 is 1.20 bits per heavy atom. The van der Waals surface area contributed by atoms with Crippen molar-refractivity contribution in [3.8, 4) is 0 Å². The van der Waals surface area contributed by atoms with Crippen molar-refractivity contribution in [1.82, 2.24) is 9.47 Å². The van der Waals surface area contributed by atoms with Gasteiger partial charge in [-0.15, -0.1) is 0 Å². The van der Waals surface area contributed by atoms with Gasteiger partial charge in [-0.25, -0.2) is 4.99 Å². The zero-order valence-electron chi connectivity index (χ0n) is 14.4. The van der Waals surface area contributed by atoms with Crippen molar-refractivity contribution in [2.45, 2.75) is 19.6 Å². The highest BCUT2D eigenvalue weighted by atomic mass is 35.5. The SMILES string of the molecule is CC(N=c1sc2ccccc2n1CC(=O)c1ccc(Cl)cc1)N(C)C. The first-order valence-corrected chi connectivity index (χ1v) is 9.22. The molecule has 0 amide bonds. The summed E-state index contributed by atoms with van der Waals surface area (Å²) in [4.78, 5) is 20.4. The fourth-order valence-corrected chi connectivity index (χ4v) is 3.65. The quantitative estimate of drug-likeness (QED) is 0.633. The molecule has 0 N–H and O–H groups in total. The van der Waals surface area contributed by atoms with Gasteiger partial charge in [-0.05, 0) is 57.4 Å². The van der Waals surface area contributed by atoms with Crippen molar-refractivity contribution in [1.29, 1.82) is 0 Å². The second-order valence-corrected chi connectivity index (χ2v) is 7.54. The van der Waals surface area contributed by atoms with E-state index in [0.717, 1.165) is 15.0 Å². The monoisotopic (exact) mass is 373 g/mol. The summed E-state index contributed by atoms with van der Waals surface area (Å²) in [6, 6.07) is 15.1. The number of carbonyl (C=O) groups is 1. The second-order valence-electron chi connectivity index (χ2n) is 6.09. The van der Waals surface area contributed by atoms with Crippen LogP contribution in [0.25, 0.3) is 10.2 Å². The van der Waals surface area contributed by atoms with E-state index in [9.17, 15) is 4.79 Å². The van der Waals surface area contributed by atoms with Gasteiger partial charge in [0.05, 0.1) is 16.8 Å². The van der Waals surface area contributed by atoms with Crippen LogP contribution in [0, 0.1) is 0 Å². The first kappa shape index (κ1) is 17.9. The molecule has 6 heteroatoms. The molecule has 3 rings (SSSR count). The van der Waals surface area contributed by atoms with Gasteiger partial charge in [-0.1, -0.05) is 35.1 Å². The number of ketones is 1. The van der Waals surface area contributed by atoms with Crippen LogP contribution in [0.4, 0.5) is 0 Å². The number of benzene rings is 2. The molecule has 3 aromatic rings. The molecule has 0 radical (unpaired) electrons. The Kier molecular flexibility index (Phi) is 5.37. The summed E-state index contributed by atoms with van der Waals surface area (Å²) >= 11 is 7.52. The molecule has 0 aliphatic carbocycles. The smallest absolute Gasteiger partial charge is 0.187 e. The number of hydrogen-bond donors (Lipinski definition) is 0. The number of fused-ring (bicyclic) bond motifs is 1. The first-order chi connectivity index (χ1) is 12.0. The number of hydrogen-bond acceptors (Lipinski definition) is 4. The average Bonchev–Trinajstić information content (AvgIpc) is 2.92. The Hall–Kier alpha value is -1.95. The maximum absolute atomic E-state index is 12.7. The highest BCUT2D eigenvalue weighted by molar-refractivity contribution is 7.16. The molecule has 0 aliphatic heterocycles. The van der Waals surface area contributed by atoms with Crippen molar-refractivity contribution in [2.24, 2.45) is 4.99 Å². The van der Waals surface area contributed by atoms with Crippen LogP contribution in [-0.2, 0) is 6.54 Å². The number of aromatic nitrogens is 1. The normalized spacial score (nSPS) is 13.6. The molecule has 0 saturated heterocycles. The third-order valence-electron chi connectivity index (χ3n) is 4.10. The van der Waals surface area contributed by atoms with Gasteiger partial charge in [0.15, 0.2) is 10.6 Å². The molecule has 130 valence electrons. The first-order valence-electron chi connectivity index (χ1n) is 8.03. The number of para-hydroxylation sites is 1. The van der Waals surface area contributed by atoms with E-state index in [1.165, 1.54) is 0 Å². The van der Waals surface area contributed by atoms with E-state index in [2.05, 4.69) is 6.07 Å². The van der Waals surface area contributed by atoms with E-state index in [1.54, 1.807) is 35.6 Å². The fraction of sp³-hybridized carbons (Fsp3) is 0.263. The van der Waals surface area contributed by atoms with Crippen LogP contribution in [0.5, 0.6) is 0 Å². The van der Waals surface area contributed by atoms with Gasteiger partial charge in [0, 0.05) is 10.6 Å². The molecule has 0 aliphatic rings. The third-order valence-corrected chi connectivity index (χ3v) is 5.43. The Balaban J connectivity index is 2.04. The molecule has 1 atom stereocenters. The maximum atomic E-state index is 12.7. The van der Waals surface area contributed by atoms with Gasteiger partial charge in [0.1, 0.15) is 6.17 Å². The zero-order valence-corrected chi connectivity index (χ0v) is 16.0. The molecule has 4 nitrogen and oxygen atoms in total. The van der Waals surface area contributed by atoms with Crippen LogP contribution in [0.1, 0.15) is 17.3 Å². The average molecular weight is 374 g/mol. The van der Waals surface area contributed by atoms with Crippen molar-refractivity contribution in [2.75, 3.05) is 14.1 Å². The Morgan fingerprint density at radius 3 is 2.56 bits per heavy atom. The van der Waals surface area contributed by atoms with E-state index in [1.807, 2.05) is 48.7 Å². The van der Waals surface area contributed by atoms with Gasteiger partial charge in [0.25, 0.3) is 0 Å². The molecule has 0 fully saturated rings. The maximum Gasteiger partial charge on any atom is 0.187 e. The lowest BCUT2D eigenvalue weighted by atomic mass is 10.1. The van der Waals surface area contributed by atoms with Crippen LogP contribution in [0.2, 0.25) is 5.02 Å². The summed E-state index contributed by atoms with van der Waals surface area (Å²) in [7, 11) is 3.98. The molecule has 1 heterocycles. The summed E-state index contributed by atoms with van der Waals surface area (Å²) in [6.07, 6.45) is 0.0324. The van der Waals surface area contributed by atoms with Crippen LogP contribution >= 0.6 is 22.9 Å². The molecule has 0 spiro atoms. The van der Waals surface area contributed by atoms with Crippen molar-refractivity contribution in [3.05, 3.63) is 63.9 Å². The lowest BCUT2D eigenvalue weighted by Crippen LogP contribution is -2.28. The highest BCUT2D eigenvalue weighted by Crippen LogP contribution is 2.18. The predicted molar refractivity (Wildman–Crippen MR) is 104 cm³/mol.